The summed E-state index contributed by atoms with van der Waals surface area (Å²) >= 11 is 12.5. The van der Waals surface area contributed by atoms with Crippen LogP contribution in [0.4, 0.5) is 5.69 Å². The van der Waals surface area contributed by atoms with Crippen LogP contribution in [0.25, 0.3) is 0 Å². The van der Waals surface area contributed by atoms with Crippen molar-refractivity contribution in [3.63, 3.8) is 0 Å². The van der Waals surface area contributed by atoms with Gasteiger partial charge in [0.2, 0.25) is 0 Å². The Bertz CT molecular complexity index is 1130. The van der Waals surface area contributed by atoms with Crippen LogP contribution < -0.4 is 4.72 Å². The quantitative estimate of drug-likeness (QED) is 0.590. The monoisotopic (exact) mass is 437 g/mol. The van der Waals surface area contributed by atoms with E-state index in [1.807, 2.05) is 19.9 Å². The number of aromatic nitrogens is 2. The highest BCUT2D eigenvalue weighted by Crippen LogP contribution is 2.29. The maximum Gasteiger partial charge on any atom is 0.262 e. The van der Waals surface area contributed by atoms with Crippen molar-refractivity contribution < 1.29 is 8.42 Å². The number of anilines is 1. The predicted octanol–water partition coefficient (Wildman–Crippen LogP) is 5.27. The van der Waals surface area contributed by atoms with Gasteiger partial charge in [0.1, 0.15) is 0 Å². The van der Waals surface area contributed by atoms with Gasteiger partial charge < -0.3 is 0 Å². The maximum atomic E-state index is 13.0. The van der Waals surface area contributed by atoms with Crippen LogP contribution in [0.3, 0.4) is 0 Å². The summed E-state index contributed by atoms with van der Waals surface area (Å²) in [7, 11) is -3.74. The molecule has 0 aliphatic carbocycles. The topological polar surface area (TPSA) is 64.0 Å². The molecule has 0 atom stereocenters. The van der Waals surface area contributed by atoms with Crippen molar-refractivity contribution in [3.8, 4) is 0 Å². The summed E-state index contributed by atoms with van der Waals surface area (Å²) < 4.78 is 30.3. The van der Waals surface area contributed by atoms with E-state index in [-0.39, 0.29) is 4.90 Å². The second kappa shape index (κ2) is 7.78. The van der Waals surface area contributed by atoms with E-state index in [1.54, 1.807) is 48.9 Å². The van der Waals surface area contributed by atoms with E-state index in [2.05, 4.69) is 9.82 Å². The van der Waals surface area contributed by atoms with Gasteiger partial charge in [0.05, 0.1) is 28.5 Å². The van der Waals surface area contributed by atoms with Crippen LogP contribution >= 0.6 is 23.2 Å². The fourth-order valence-electron chi connectivity index (χ4n) is 3.02. The van der Waals surface area contributed by atoms with Gasteiger partial charge in [-0.25, -0.2) is 8.42 Å². The molecule has 1 aromatic heterocycles. The van der Waals surface area contributed by atoms with E-state index < -0.39 is 10.0 Å². The second-order valence-corrected chi connectivity index (χ2v) is 9.24. The maximum absolute atomic E-state index is 13.0. The highest BCUT2D eigenvalue weighted by Gasteiger charge is 2.22. The third-order valence-corrected chi connectivity index (χ3v) is 6.82. The molecule has 1 N–H and O–H groups in total. The number of benzene rings is 2. The van der Waals surface area contributed by atoms with E-state index in [9.17, 15) is 8.42 Å². The molecule has 0 fully saturated rings. The second-order valence-electron chi connectivity index (χ2n) is 6.78. The molecule has 8 heteroatoms. The van der Waals surface area contributed by atoms with Gasteiger partial charge in [0.25, 0.3) is 10.0 Å². The first-order valence-electron chi connectivity index (χ1n) is 8.67. The molecule has 2 aromatic carbocycles. The molecular formula is C20H21Cl2N3O2S. The summed E-state index contributed by atoms with van der Waals surface area (Å²) in [6, 6.07) is 10.6. The molecule has 5 nitrogen and oxygen atoms in total. The molecule has 148 valence electrons. The van der Waals surface area contributed by atoms with Gasteiger partial charge in [0.15, 0.2) is 0 Å². The SMILES string of the molecule is Cc1ccc(C)c(S(=O)(=O)Nc2c(C)nn(Cc3c(Cl)cccc3Cl)c2C)c1. The number of hydrogen-bond donors (Lipinski definition) is 1. The zero-order valence-electron chi connectivity index (χ0n) is 16.0. The van der Waals surface area contributed by atoms with E-state index in [4.69, 9.17) is 23.2 Å². The Kier molecular flexibility index (Phi) is 5.75. The van der Waals surface area contributed by atoms with Crippen molar-refractivity contribution in [2.45, 2.75) is 39.1 Å². The van der Waals surface area contributed by atoms with Crippen LogP contribution in [-0.4, -0.2) is 18.2 Å². The van der Waals surface area contributed by atoms with Gasteiger partial charge in [-0.15, -0.1) is 0 Å². The van der Waals surface area contributed by atoms with Gasteiger partial charge in [-0.05, 0) is 57.0 Å². The summed E-state index contributed by atoms with van der Waals surface area (Å²) in [6.45, 7) is 7.55. The van der Waals surface area contributed by atoms with Crippen LogP contribution in [0.15, 0.2) is 41.3 Å². The zero-order chi connectivity index (χ0) is 20.6. The Morgan fingerprint density at radius 1 is 1.04 bits per heavy atom. The molecular weight excluding hydrogens is 417 g/mol. The summed E-state index contributed by atoms with van der Waals surface area (Å²) in [6.07, 6.45) is 0. The predicted molar refractivity (Wildman–Crippen MR) is 114 cm³/mol. The standard InChI is InChI=1S/C20H21Cl2N3O2S/c1-12-8-9-13(2)19(10-12)28(26,27)24-20-14(3)23-25(15(20)4)11-16-17(21)6-5-7-18(16)22/h5-10,24H,11H2,1-4H3. The van der Waals surface area contributed by atoms with E-state index in [0.717, 1.165) is 11.1 Å². The lowest BCUT2D eigenvalue weighted by Crippen LogP contribution is -2.15. The van der Waals surface area contributed by atoms with Crippen LogP contribution in [0, 0.1) is 27.7 Å². The van der Waals surface area contributed by atoms with Crippen molar-refractivity contribution in [3.05, 3.63) is 74.5 Å². The van der Waals surface area contributed by atoms with Gasteiger partial charge >= 0.3 is 0 Å². The Labute approximate surface area is 175 Å². The van der Waals surface area contributed by atoms with Crippen molar-refractivity contribution in [1.82, 2.24) is 9.78 Å². The fraction of sp³-hybridized carbons (Fsp3) is 0.250. The molecule has 0 aliphatic heterocycles. The third kappa shape index (κ3) is 4.04. The summed E-state index contributed by atoms with van der Waals surface area (Å²) in [5, 5.41) is 5.56. The van der Waals surface area contributed by atoms with Gasteiger partial charge in [0, 0.05) is 15.6 Å². The number of aryl methyl sites for hydroxylation is 3. The number of sulfonamides is 1. The lowest BCUT2D eigenvalue weighted by molar-refractivity contribution is 0.600. The van der Waals surface area contributed by atoms with E-state index in [1.165, 1.54) is 0 Å². The minimum absolute atomic E-state index is 0.258. The number of hydrogen-bond acceptors (Lipinski definition) is 3. The fourth-order valence-corrected chi connectivity index (χ4v) is 5.04. The van der Waals surface area contributed by atoms with Crippen LogP contribution in [-0.2, 0) is 16.6 Å². The Morgan fingerprint density at radius 3 is 2.32 bits per heavy atom. The average molecular weight is 438 g/mol. The minimum Gasteiger partial charge on any atom is -0.276 e. The van der Waals surface area contributed by atoms with Gasteiger partial charge in [-0.3, -0.25) is 9.40 Å². The van der Waals surface area contributed by atoms with Crippen LogP contribution in [0.5, 0.6) is 0 Å². The Balaban J connectivity index is 1.97. The first-order valence-corrected chi connectivity index (χ1v) is 10.9. The summed E-state index contributed by atoms with van der Waals surface area (Å²) in [5.41, 5.74) is 4.02. The number of halogens is 2. The normalized spacial score (nSPS) is 11.6. The van der Waals surface area contributed by atoms with Crippen molar-refractivity contribution in [2.24, 2.45) is 0 Å². The zero-order valence-corrected chi connectivity index (χ0v) is 18.4. The molecule has 0 bridgehead atoms. The number of nitrogens with zero attached hydrogens (tertiary/aromatic N) is 2. The molecule has 0 saturated heterocycles. The molecule has 0 spiro atoms. The first kappa shape index (κ1) is 20.7. The highest BCUT2D eigenvalue weighted by molar-refractivity contribution is 7.92. The Hall–Kier alpha value is -2.02. The lowest BCUT2D eigenvalue weighted by atomic mass is 10.2. The average Bonchev–Trinajstić information content (AvgIpc) is 2.87. The van der Waals surface area contributed by atoms with E-state index in [0.29, 0.717) is 39.2 Å². The summed E-state index contributed by atoms with van der Waals surface area (Å²) in [5.74, 6) is 0. The molecule has 1 heterocycles. The molecule has 3 rings (SSSR count). The Morgan fingerprint density at radius 2 is 1.68 bits per heavy atom. The molecule has 0 amide bonds. The minimum atomic E-state index is -3.74. The van der Waals surface area contributed by atoms with E-state index >= 15 is 0 Å². The van der Waals surface area contributed by atoms with Crippen molar-refractivity contribution in [2.75, 3.05) is 4.72 Å². The molecule has 0 aliphatic rings. The summed E-state index contributed by atoms with van der Waals surface area (Å²) in [4.78, 5) is 0.258. The first-order chi connectivity index (χ1) is 13.1. The van der Waals surface area contributed by atoms with Gasteiger partial charge in [-0.1, -0.05) is 41.4 Å². The molecule has 0 saturated carbocycles. The largest absolute Gasteiger partial charge is 0.276 e. The molecule has 3 aromatic rings. The number of nitrogens with one attached hydrogen (secondary N) is 1. The van der Waals surface area contributed by atoms with Crippen molar-refractivity contribution in [1.29, 1.82) is 0 Å². The number of rotatable bonds is 5. The van der Waals surface area contributed by atoms with Crippen LogP contribution in [0.1, 0.15) is 28.1 Å². The molecule has 0 unspecified atom stereocenters. The highest BCUT2D eigenvalue weighted by atomic mass is 35.5. The third-order valence-electron chi connectivity index (χ3n) is 4.62. The van der Waals surface area contributed by atoms with Crippen molar-refractivity contribution >= 4 is 38.9 Å². The molecule has 28 heavy (non-hydrogen) atoms. The van der Waals surface area contributed by atoms with Gasteiger partial charge in [-0.2, -0.15) is 5.10 Å². The smallest absolute Gasteiger partial charge is 0.262 e. The van der Waals surface area contributed by atoms with Crippen LogP contribution in [0.2, 0.25) is 10.0 Å². The molecule has 0 radical (unpaired) electrons. The lowest BCUT2D eigenvalue weighted by Gasteiger charge is -2.12.